The molecule has 0 aliphatic rings. The summed E-state index contributed by atoms with van der Waals surface area (Å²) in [5.74, 6) is 0. The topological polar surface area (TPSA) is 34.9 Å². The normalized spacial score (nSPS) is 10.4. The summed E-state index contributed by atoms with van der Waals surface area (Å²) in [5.41, 5.74) is 2.48. The molecule has 0 N–H and O–H groups in total. The van der Waals surface area contributed by atoms with Crippen LogP contribution in [0.1, 0.15) is 17.3 Å². The van der Waals surface area contributed by atoms with Crippen molar-refractivity contribution >= 4 is 17.9 Å². The summed E-state index contributed by atoms with van der Waals surface area (Å²) < 4.78 is 1.84. The first-order chi connectivity index (χ1) is 7.74. The first-order valence-electron chi connectivity index (χ1n) is 5.02. The van der Waals surface area contributed by atoms with Crippen LogP contribution in [0.25, 0.3) is 11.1 Å². The van der Waals surface area contributed by atoms with Gasteiger partial charge in [-0.3, -0.25) is 9.48 Å². The van der Waals surface area contributed by atoms with Crippen molar-refractivity contribution in [3.8, 4) is 11.1 Å². The molecule has 4 heteroatoms. The van der Waals surface area contributed by atoms with Crippen LogP contribution in [0, 0.1) is 0 Å². The largest absolute Gasteiger partial charge is 0.298 e. The third-order valence-electron chi connectivity index (χ3n) is 2.42. The predicted molar refractivity (Wildman–Crippen MR) is 63.7 cm³/mol. The maximum absolute atomic E-state index is 10.6. The van der Waals surface area contributed by atoms with E-state index < -0.39 is 0 Å². The predicted octanol–water partition coefficient (Wildman–Crippen LogP) is 3.04. The van der Waals surface area contributed by atoms with Crippen LogP contribution in [-0.2, 0) is 6.54 Å². The molecule has 0 aliphatic heterocycles. The van der Waals surface area contributed by atoms with Gasteiger partial charge in [-0.05, 0) is 24.6 Å². The zero-order valence-electron chi connectivity index (χ0n) is 8.85. The molecule has 2 aromatic rings. The number of hydrogen-bond donors (Lipinski definition) is 0. The summed E-state index contributed by atoms with van der Waals surface area (Å²) in [7, 11) is 0. The maximum Gasteiger partial charge on any atom is 0.151 e. The van der Waals surface area contributed by atoms with Crippen LogP contribution in [0.15, 0.2) is 30.6 Å². The highest BCUT2D eigenvalue weighted by atomic mass is 35.5. The van der Waals surface area contributed by atoms with Gasteiger partial charge in [0.2, 0.25) is 0 Å². The van der Waals surface area contributed by atoms with Gasteiger partial charge in [-0.1, -0.05) is 17.7 Å². The average Bonchev–Trinajstić information content (AvgIpc) is 2.77. The van der Waals surface area contributed by atoms with Crippen LogP contribution >= 0.6 is 11.6 Å². The van der Waals surface area contributed by atoms with Gasteiger partial charge in [0.15, 0.2) is 6.29 Å². The zero-order valence-corrected chi connectivity index (χ0v) is 9.61. The van der Waals surface area contributed by atoms with E-state index in [0.29, 0.717) is 10.6 Å². The van der Waals surface area contributed by atoms with Crippen LogP contribution in [0.5, 0.6) is 0 Å². The Hall–Kier alpha value is -1.61. The van der Waals surface area contributed by atoms with Crippen molar-refractivity contribution in [3.63, 3.8) is 0 Å². The minimum absolute atomic E-state index is 0.469. The molecule has 0 fully saturated rings. The van der Waals surface area contributed by atoms with Gasteiger partial charge in [-0.25, -0.2) is 0 Å². The van der Waals surface area contributed by atoms with Crippen molar-refractivity contribution in [2.75, 3.05) is 0 Å². The average molecular weight is 235 g/mol. The van der Waals surface area contributed by atoms with Gasteiger partial charge >= 0.3 is 0 Å². The van der Waals surface area contributed by atoms with E-state index in [1.807, 2.05) is 23.9 Å². The molecule has 1 aromatic carbocycles. The highest BCUT2D eigenvalue weighted by molar-refractivity contribution is 6.33. The van der Waals surface area contributed by atoms with Gasteiger partial charge in [0.05, 0.1) is 11.2 Å². The van der Waals surface area contributed by atoms with Gasteiger partial charge in [0.1, 0.15) is 0 Å². The third kappa shape index (κ3) is 1.99. The third-order valence-corrected chi connectivity index (χ3v) is 2.75. The standard InChI is InChI=1S/C12H11ClN2O/c1-2-15-7-11(6-14-15)9-3-4-10(8-16)12(13)5-9/h3-8H,2H2,1H3. The van der Waals surface area contributed by atoms with Crippen LogP contribution in [-0.4, -0.2) is 16.1 Å². The number of halogens is 1. The fraction of sp³-hybridized carbons (Fsp3) is 0.167. The van der Waals surface area contributed by atoms with Crippen molar-refractivity contribution in [1.29, 1.82) is 0 Å². The van der Waals surface area contributed by atoms with Gasteiger partial charge < -0.3 is 0 Å². The molecule has 0 aliphatic carbocycles. The van der Waals surface area contributed by atoms with Crippen LogP contribution < -0.4 is 0 Å². The number of nitrogens with zero attached hydrogens (tertiary/aromatic N) is 2. The second-order valence-corrected chi connectivity index (χ2v) is 3.85. The van der Waals surface area contributed by atoms with Crippen LogP contribution in [0.3, 0.4) is 0 Å². The molecule has 1 heterocycles. The molecule has 0 radical (unpaired) electrons. The summed E-state index contributed by atoms with van der Waals surface area (Å²) >= 11 is 5.96. The van der Waals surface area contributed by atoms with Crippen LogP contribution in [0.2, 0.25) is 5.02 Å². The Morgan fingerprint density at radius 3 is 2.81 bits per heavy atom. The molecular weight excluding hydrogens is 224 g/mol. The molecule has 3 nitrogen and oxygen atoms in total. The second-order valence-electron chi connectivity index (χ2n) is 3.44. The Labute approximate surface area is 98.7 Å². The molecule has 2 rings (SSSR count). The Bertz CT molecular complexity index is 519. The minimum atomic E-state index is 0.469. The van der Waals surface area contributed by atoms with Gasteiger partial charge in [-0.2, -0.15) is 5.10 Å². The first kappa shape index (κ1) is 10.9. The number of carbonyl (C=O) groups is 1. The molecule has 0 amide bonds. The number of hydrogen-bond acceptors (Lipinski definition) is 2. The van der Waals surface area contributed by atoms with Crippen molar-refractivity contribution in [1.82, 2.24) is 9.78 Å². The number of carbonyl (C=O) groups excluding carboxylic acids is 1. The molecule has 16 heavy (non-hydrogen) atoms. The number of benzene rings is 1. The molecule has 0 saturated carbocycles. The summed E-state index contributed by atoms with van der Waals surface area (Å²) in [6, 6.07) is 5.36. The van der Waals surface area contributed by atoms with Crippen molar-refractivity contribution in [2.45, 2.75) is 13.5 Å². The highest BCUT2D eigenvalue weighted by Gasteiger charge is 2.04. The number of aldehydes is 1. The summed E-state index contributed by atoms with van der Waals surface area (Å²) in [6.45, 7) is 2.86. The fourth-order valence-corrected chi connectivity index (χ4v) is 1.71. The second kappa shape index (κ2) is 4.49. The fourth-order valence-electron chi connectivity index (χ4n) is 1.49. The van der Waals surface area contributed by atoms with E-state index in [0.717, 1.165) is 24.0 Å². The minimum Gasteiger partial charge on any atom is -0.298 e. The Kier molecular flexibility index (Phi) is 3.06. The number of aryl methyl sites for hydroxylation is 1. The van der Waals surface area contributed by atoms with Crippen molar-refractivity contribution < 1.29 is 4.79 Å². The van der Waals surface area contributed by atoms with Crippen molar-refractivity contribution in [2.24, 2.45) is 0 Å². The molecule has 0 saturated heterocycles. The van der Waals surface area contributed by atoms with Gasteiger partial charge in [0, 0.05) is 23.9 Å². The molecule has 1 aromatic heterocycles. The lowest BCUT2D eigenvalue weighted by Crippen LogP contribution is -1.92. The van der Waals surface area contributed by atoms with Crippen molar-refractivity contribution in [3.05, 3.63) is 41.2 Å². The summed E-state index contributed by atoms with van der Waals surface area (Å²) in [6.07, 6.45) is 4.49. The lowest BCUT2D eigenvalue weighted by Gasteiger charge is -2.00. The van der Waals surface area contributed by atoms with Gasteiger partial charge in [-0.15, -0.1) is 0 Å². The Morgan fingerprint density at radius 2 is 2.25 bits per heavy atom. The first-order valence-corrected chi connectivity index (χ1v) is 5.40. The maximum atomic E-state index is 10.6. The van der Waals surface area contributed by atoms with E-state index in [-0.39, 0.29) is 0 Å². The molecular formula is C12H11ClN2O. The summed E-state index contributed by atoms with van der Waals surface area (Å²) in [5, 5.41) is 4.66. The van der Waals surface area contributed by atoms with E-state index >= 15 is 0 Å². The molecule has 82 valence electrons. The molecule has 0 bridgehead atoms. The van der Waals surface area contributed by atoms with E-state index in [1.165, 1.54) is 0 Å². The molecule has 0 atom stereocenters. The smallest absolute Gasteiger partial charge is 0.151 e. The van der Waals surface area contributed by atoms with E-state index in [1.54, 1.807) is 18.3 Å². The Morgan fingerprint density at radius 1 is 1.44 bits per heavy atom. The summed E-state index contributed by atoms with van der Waals surface area (Å²) in [4.78, 5) is 10.6. The van der Waals surface area contributed by atoms with E-state index in [9.17, 15) is 4.79 Å². The SMILES string of the molecule is CCn1cc(-c2ccc(C=O)c(Cl)c2)cn1. The quantitative estimate of drug-likeness (QED) is 0.766. The lowest BCUT2D eigenvalue weighted by atomic mass is 10.1. The van der Waals surface area contributed by atoms with E-state index in [2.05, 4.69) is 5.10 Å². The highest BCUT2D eigenvalue weighted by Crippen LogP contribution is 2.24. The molecule has 0 unspecified atom stereocenters. The van der Waals surface area contributed by atoms with Gasteiger partial charge in [0.25, 0.3) is 0 Å². The number of rotatable bonds is 3. The Balaban J connectivity index is 2.40. The number of aromatic nitrogens is 2. The van der Waals surface area contributed by atoms with E-state index in [4.69, 9.17) is 11.6 Å². The molecule has 0 spiro atoms. The van der Waals surface area contributed by atoms with Crippen LogP contribution in [0.4, 0.5) is 0 Å². The lowest BCUT2D eigenvalue weighted by molar-refractivity contribution is 0.112. The monoisotopic (exact) mass is 234 g/mol. The zero-order chi connectivity index (χ0) is 11.5.